The summed E-state index contributed by atoms with van der Waals surface area (Å²) in [6.07, 6.45) is 5.75. The summed E-state index contributed by atoms with van der Waals surface area (Å²) in [5, 5.41) is 11.9. The van der Waals surface area contributed by atoms with Crippen LogP contribution < -0.4 is 10.1 Å². The second kappa shape index (κ2) is 7.46. The number of aliphatic hydroxyl groups excluding tert-OH is 1. The van der Waals surface area contributed by atoms with Crippen LogP contribution in [0.15, 0.2) is 24.3 Å². The first kappa shape index (κ1) is 15.8. The van der Waals surface area contributed by atoms with Gasteiger partial charge in [0.15, 0.2) is 0 Å². The van der Waals surface area contributed by atoms with E-state index < -0.39 is 5.41 Å². The largest absolute Gasteiger partial charge is 0.497 e. The molecule has 2 rings (SSSR count). The van der Waals surface area contributed by atoms with Crippen LogP contribution in [-0.2, 0) is 10.2 Å². The summed E-state index contributed by atoms with van der Waals surface area (Å²) in [6, 6.07) is 7.87. The number of ether oxygens (including phenoxy) is 1. The minimum absolute atomic E-state index is 0.0980. The van der Waals surface area contributed by atoms with Gasteiger partial charge in [-0.3, -0.25) is 4.79 Å². The van der Waals surface area contributed by atoms with Crippen molar-refractivity contribution in [3.8, 4) is 5.75 Å². The molecule has 1 aromatic carbocycles. The molecule has 4 nitrogen and oxygen atoms in total. The minimum atomic E-state index is -0.417. The molecule has 1 aliphatic rings. The molecule has 0 unspecified atom stereocenters. The van der Waals surface area contributed by atoms with Crippen molar-refractivity contribution in [1.29, 1.82) is 0 Å². The Morgan fingerprint density at radius 1 is 1.24 bits per heavy atom. The number of rotatable bonds is 6. The number of amides is 1. The van der Waals surface area contributed by atoms with E-state index >= 15 is 0 Å². The highest BCUT2D eigenvalue weighted by atomic mass is 16.5. The number of benzene rings is 1. The van der Waals surface area contributed by atoms with Crippen molar-refractivity contribution in [2.45, 2.75) is 43.9 Å². The predicted molar refractivity (Wildman–Crippen MR) is 82.5 cm³/mol. The molecule has 1 saturated carbocycles. The molecule has 0 bridgehead atoms. The lowest BCUT2D eigenvalue weighted by atomic mass is 9.68. The van der Waals surface area contributed by atoms with E-state index in [1.807, 2.05) is 24.3 Å². The van der Waals surface area contributed by atoms with E-state index in [4.69, 9.17) is 9.84 Å². The van der Waals surface area contributed by atoms with Crippen LogP contribution in [0.3, 0.4) is 0 Å². The Kier molecular flexibility index (Phi) is 5.62. The highest BCUT2D eigenvalue weighted by molar-refractivity contribution is 5.88. The molecule has 4 heteroatoms. The molecule has 0 aromatic heterocycles. The maximum absolute atomic E-state index is 12.7. The van der Waals surface area contributed by atoms with Gasteiger partial charge in [0, 0.05) is 13.2 Å². The zero-order valence-electron chi connectivity index (χ0n) is 12.7. The van der Waals surface area contributed by atoms with Gasteiger partial charge in [0.2, 0.25) is 5.91 Å². The maximum atomic E-state index is 12.7. The Balaban J connectivity index is 2.20. The van der Waals surface area contributed by atoms with Crippen molar-refractivity contribution >= 4 is 5.91 Å². The van der Waals surface area contributed by atoms with Crippen molar-refractivity contribution < 1.29 is 14.6 Å². The molecule has 0 heterocycles. The molecule has 0 spiro atoms. The summed E-state index contributed by atoms with van der Waals surface area (Å²) in [5.74, 6) is 0.909. The van der Waals surface area contributed by atoms with Gasteiger partial charge >= 0.3 is 0 Å². The van der Waals surface area contributed by atoms with Crippen LogP contribution in [0.1, 0.15) is 44.1 Å². The Morgan fingerprint density at radius 3 is 2.48 bits per heavy atom. The van der Waals surface area contributed by atoms with Gasteiger partial charge in [-0.15, -0.1) is 0 Å². The number of aliphatic hydroxyl groups is 1. The summed E-state index contributed by atoms with van der Waals surface area (Å²) < 4.78 is 5.20. The second-order valence-corrected chi connectivity index (χ2v) is 5.70. The molecule has 21 heavy (non-hydrogen) atoms. The quantitative estimate of drug-likeness (QED) is 0.791. The van der Waals surface area contributed by atoms with E-state index in [2.05, 4.69) is 5.32 Å². The second-order valence-electron chi connectivity index (χ2n) is 5.70. The van der Waals surface area contributed by atoms with Crippen LogP contribution in [0.4, 0.5) is 0 Å². The van der Waals surface area contributed by atoms with E-state index in [9.17, 15) is 4.79 Å². The first-order valence-corrected chi connectivity index (χ1v) is 7.76. The molecule has 2 N–H and O–H groups in total. The van der Waals surface area contributed by atoms with Gasteiger partial charge in [-0.1, -0.05) is 31.4 Å². The van der Waals surface area contributed by atoms with E-state index in [0.29, 0.717) is 13.0 Å². The predicted octanol–water partition coefficient (Wildman–Crippen LogP) is 2.40. The summed E-state index contributed by atoms with van der Waals surface area (Å²) in [7, 11) is 1.65. The Morgan fingerprint density at radius 2 is 1.90 bits per heavy atom. The Labute approximate surface area is 126 Å². The molecule has 1 amide bonds. The fourth-order valence-corrected chi connectivity index (χ4v) is 3.16. The monoisotopic (exact) mass is 291 g/mol. The van der Waals surface area contributed by atoms with E-state index in [1.165, 1.54) is 6.42 Å². The van der Waals surface area contributed by atoms with Crippen LogP contribution >= 0.6 is 0 Å². The Bertz CT molecular complexity index is 450. The highest BCUT2D eigenvalue weighted by Crippen LogP contribution is 2.40. The number of nitrogens with one attached hydrogen (secondary N) is 1. The molecule has 1 aliphatic carbocycles. The summed E-state index contributed by atoms with van der Waals surface area (Å²) in [4.78, 5) is 12.7. The molecule has 1 aromatic rings. The zero-order valence-corrected chi connectivity index (χ0v) is 12.7. The van der Waals surface area contributed by atoms with Crippen LogP contribution in [0.2, 0.25) is 0 Å². The number of methoxy groups -OCH3 is 1. The van der Waals surface area contributed by atoms with Gasteiger partial charge in [-0.2, -0.15) is 0 Å². The fourth-order valence-electron chi connectivity index (χ4n) is 3.16. The lowest BCUT2D eigenvalue weighted by Gasteiger charge is -2.36. The fraction of sp³-hybridized carbons (Fsp3) is 0.588. The molecule has 0 atom stereocenters. The van der Waals surface area contributed by atoms with E-state index in [1.54, 1.807) is 7.11 Å². The van der Waals surface area contributed by atoms with Crippen LogP contribution in [-0.4, -0.2) is 31.3 Å². The van der Waals surface area contributed by atoms with Crippen molar-refractivity contribution in [1.82, 2.24) is 5.32 Å². The lowest BCUT2D eigenvalue weighted by Crippen LogP contribution is -2.46. The van der Waals surface area contributed by atoms with Crippen molar-refractivity contribution in [3.05, 3.63) is 29.8 Å². The minimum Gasteiger partial charge on any atom is -0.497 e. The average molecular weight is 291 g/mol. The SMILES string of the molecule is COc1ccc(C2(C(=O)NCCCO)CCCCC2)cc1. The molecule has 0 saturated heterocycles. The topological polar surface area (TPSA) is 58.6 Å². The first-order valence-electron chi connectivity index (χ1n) is 7.76. The maximum Gasteiger partial charge on any atom is 0.230 e. The molecule has 0 radical (unpaired) electrons. The van der Waals surface area contributed by atoms with Gasteiger partial charge in [0.25, 0.3) is 0 Å². The lowest BCUT2D eigenvalue weighted by molar-refractivity contribution is -0.128. The van der Waals surface area contributed by atoms with Gasteiger partial charge in [-0.05, 0) is 37.0 Å². The summed E-state index contributed by atoms with van der Waals surface area (Å²) in [5.41, 5.74) is 0.657. The third-order valence-electron chi connectivity index (χ3n) is 4.40. The van der Waals surface area contributed by atoms with Crippen molar-refractivity contribution in [3.63, 3.8) is 0 Å². The van der Waals surface area contributed by atoms with E-state index in [0.717, 1.165) is 37.0 Å². The molecule has 0 aliphatic heterocycles. The van der Waals surface area contributed by atoms with Gasteiger partial charge in [-0.25, -0.2) is 0 Å². The van der Waals surface area contributed by atoms with Gasteiger partial charge in [0.05, 0.1) is 12.5 Å². The highest BCUT2D eigenvalue weighted by Gasteiger charge is 2.40. The number of hydrogen-bond donors (Lipinski definition) is 2. The molecular weight excluding hydrogens is 266 g/mol. The van der Waals surface area contributed by atoms with Gasteiger partial charge < -0.3 is 15.2 Å². The van der Waals surface area contributed by atoms with Crippen LogP contribution in [0.25, 0.3) is 0 Å². The standard InChI is InChI=1S/C17H25NO3/c1-21-15-8-6-14(7-9-15)17(10-3-2-4-11-17)16(20)18-12-5-13-19/h6-9,19H,2-5,10-13H2,1H3,(H,18,20). The third-order valence-corrected chi connectivity index (χ3v) is 4.40. The zero-order chi connectivity index (χ0) is 15.1. The summed E-state index contributed by atoms with van der Waals surface area (Å²) in [6.45, 7) is 0.642. The Hall–Kier alpha value is -1.55. The molecular formula is C17H25NO3. The number of hydrogen-bond acceptors (Lipinski definition) is 3. The van der Waals surface area contributed by atoms with Gasteiger partial charge in [0.1, 0.15) is 5.75 Å². The van der Waals surface area contributed by atoms with Crippen molar-refractivity contribution in [2.24, 2.45) is 0 Å². The van der Waals surface area contributed by atoms with Crippen LogP contribution in [0.5, 0.6) is 5.75 Å². The molecule has 116 valence electrons. The smallest absolute Gasteiger partial charge is 0.230 e. The average Bonchev–Trinajstić information content (AvgIpc) is 2.55. The van der Waals surface area contributed by atoms with E-state index in [-0.39, 0.29) is 12.5 Å². The summed E-state index contributed by atoms with van der Waals surface area (Å²) >= 11 is 0. The number of carbonyl (C=O) groups is 1. The van der Waals surface area contributed by atoms with Crippen molar-refractivity contribution in [2.75, 3.05) is 20.3 Å². The molecule has 1 fully saturated rings. The first-order chi connectivity index (χ1) is 10.2. The number of carbonyl (C=O) groups excluding carboxylic acids is 1. The van der Waals surface area contributed by atoms with Crippen LogP contribution in [0, 0.1) is 0 Å². The normalized spacial score (nSPS) is 17.2. The third kappa shape index (κ3) is 3.56.